The zero-order chi connectivity index (χ0) is 10.8. The van der Waals surface area contributed by atoms with Gasteiger partial charge in [-0.1, -0.05) is 18.2 Å². The van der Waals surface area contributed by atoms with Gasteiger partial charge in [-0.3, -0.25) is 4.68 Å². The summed E-state index contributed by atoms with van der Waals surface area (Å²) in [7, 11) is 0. The molecule has 1 aromatic heterocycles. The van der Waals surface area contributed by atoms with Crippen LogP contribution in [0.15, 0.2) is 22.8 Å². The standard InChI is InChI=1S/C11H14BrN3/c1-8-4-2-5-9-10(8)14-15(11(9)12)7-3-6-13/h2,4-5H,3,6-7,13H2,1H3. The third-order valence-corrected chi connectivity index (χ3v) is 3.32. The number of nitrogens with two attached hydrogens (primary N) is 1. The molecule has 0 aliphatic heterocycles. The summed E-state index contributed by atoms with van der Waals surface area (Å²) >= 11 is 3.58. The molecule has 0 radical (unpaired) electrons. The van der Waals surface area contributed by atoms with E-state index < -0.39 is 0 Å². The Morgan fingerprint density at radius 1 is 1.47 bits per heavy atom. The largest absolute Gasteiger partial charge is 0.330 e. The summed E-state index contributed by atoms with van der Waals surface area (Å²) in [4.78, 5) is 0. The van der Waals surface area contributed by atoms with E-state index in [4.69, 9.17) is 5.73 Å². The number of fused-ring (bicyclic) bond motifs is 1. The van der Waals surface area contributed by atoms with Crippen LogP contribution in [0.25, 0.3) is 10.9 Å². The highest BCUT2D eigenvalue weighted by Crippen LogP contribution is 2.25. The summed E-state index contributed by atoms with van der Waals surface area (Å²) in [6.07, 6.45) is 0.950. The molecule has 0 spiro atoms. The maximum absolute atomic E-state index is 5.49. The number of halogens is 1. The van der Waals surface area contributed by atoms with Gasteiger partial charge >= 0.3 is 0 Å². The quantitative estimate of drug-likeness (QED) is 0.929. The minimum Gasteiger partial charge on any atom is -0.330 e. The van der Waals surface area contributed by atoms with Crippen LogP contribution in [0.2, 0.25) is 0 Å². The van der Waals surface area contributed by atoms with Crippen molar-refractivity contribution < 1.29 is 0 Å². The summed E-state index contributed by atoms with van der Waals surface area (Å²) < 4.78 is 3.03. The van der Waals surface area contributed by atoms with Crippen LogP contribution in [0.3, 0.4) is 0 Å². The van der Waals surface area contributed by atoms with E-state index in [0.717, 1.165) is 23.1 Å². The molecule has 0 bridgehead atoms. The summed E-state index contributed by atoms with van der Waals surface area (Å²) in [5.74, 6) is 0. The van der Waals surface area contributed by atoms with Crippen LogP contribution in [-0.2, 0) is 6.54 Å². The molecule has 1 heterocycles. The van der Waals surface area contributed by atoms with E-state index >= 15 is 0 Å². The summed E-state index contributed by atoms with van der Waals surface area (Å²) in [5.41, 5.74) is 7.77. The molecule has 0 saturated carbocycles. The van der Waals surface area contributed by atoms with Crippen molar-refractivity contribution >= 4 is 26.8 Å². The van der Waals surface area contributed by atoms with E-state index in [2.05, 4.69) is 46.2 Å². The second-order valence-corrected chi connectivity index (χ2v) is 4.38. The monoisotopic (exact) mass is 267 g/mol. The Balaban J connectivity index is 2.49. The SMILES string of the molecule is Cc1cccc2c(Br)n(CCCN)nc12. The minimum absolute atomic E-state index is 0.696. The van der Waals surface area contributed by atoms with E-state index in [9.17, 15) is 0 Å². The molecule has 3 nitrogen and oxygen atoms in total. The van der Waals surface area contributed by atoms with Gasteiger partial charge < -0.3 is 5.73 Å². The lowest BCUT2D eigenvalue weighted by Crippen LogP contribution is -2.06. The topological polar surface area (TPSA) is 43.8 Å². The van der Waals surface area contributed by atoms with E-state index in [-0.39, 0.29) is 0 Å². The number of hydrogen-bond donors (Lipinski definition) is 1. The third-order valence-electron chi connectivity index (χ3n) is 2.48. The molecule has 0 saturated heterocycles. The van der Waals surface area contributed by atoms with Gasteiger partial charge in [0.05, 0.1) is 5.52 Å². The van der Waals surface area contributed by atoms with E-state index in [1.807, 2.05) is 4.68 Å². The fourth-order valence-electron chi connectivity index (χ4n) is 1.65. The van der Waals surface area contributed by atoms with Gasteiger partial charge in [0.25, 0.3) is 0 Å². The highest BCUT2D eigenvalue weighted by Gasteiger charge is 2.09. The van der Waals surface area contributed by atoms with Crippen molar-refractivity contribution in [3.8, 4) is 0 Å². The summed E-state index contributed by atoms with van der Waals surface area (Å²) in [6, 6.07) is 6.21. The van der Waals surface area contributed by atoms with Crippen LogP contribution in [0, 0.1) is 6.92 Å². The van der Waals surface area contributed by atoms with Gasteiger partial charge in [0.1, 0.15) is 4.60 Å². The molecule has 80 valence electrons. The first-order valence-electron chi connectivity index (χ1n) is 5.05. The Morgan fingerprint density at radius 3 is 2.93 bits per heavy atom. The molecular weight excluding hydrogens is 254 g/mol. The first kappa shape index (κ1) is 10.6. The van der Waals surface area contributed by atoms with E-state index in [1.165, 1.54) is 10.9 Å². The molecule has 2 rings (SSSR count). The van der Waals surface area contributed by atoms with Gasteiger partial charge in [0, 0.05) is 11.9 Å². The third kappa shape index (κ3) is 1.92. The normalized spacial score (nSPS) is 11.1. The number of nitrogens with zero attached hydrogens (tertiary/aromatic N) is 2. The fourth-order valence-corrected chi connectivity index (χ4v) is 2.23. The van der Waals surface area contributed by atoms with Crippen molar-refractivity contribution in [2.45, 2.75) is 19.9 Å². The number of benzene rings is 1. The van der Waals surface area contributed by atoms with Crippen molar-refractivity contribution in [3.05, 3.63) is 28.4 Å². The second-order valence-electron chi connectivity index (χ2n) is 3.63. The molecule has 2 aromatic rings. The molecular formula is C11H14BrN3. The predicted octanol–water partition coefficient (Wildman–Crippen LogP) is 2.46. The molecule has 0 amide bonds. The Morgan fingerprint density at radius 2 is 2.27 bits per heavy atom. The van der Waals surface area contributed by atoms with Gasteiger partial charge in [0.15, 0.2) is 0 Å². The Labute approximate surface area is 97.4 Å². The van der Waals surface area contributed by atoms with Crippen molar-refractivity contribution in [2.24, 2.45) is 5.73 Å². The second kappa shape index (κ2) is 4.33. The van der Waals surface area contributed by atoms with E-state index in [1.54, 1.807) is 0 Å². The first-order valence-corrected chi connectivity index (χ1v) is 5.85. The Bertz CT molecular complexity index is 476. The molecule has 2 N–H and O–H groups in total. The average Bonchev–Trinajstić information content (AvgIpc) is 2.55. The van der Waals surface area contributed by atoms with Gasteiger partial charge in [-0.15, -0.1) is 0 Å². The van der Waals surface area contributed by atoms with Crippen LogP contribution in [0.4, 0.5) is 0 Å². The zero-order valence-corrected chi connectivity index (χ0v) is 10.3. The van der Waals surface area contributed by atoms with Gasteiger partial charge in [0.2, 0.25) is 0 Å². The molecule has 0 aliphatic carbocycles. The van der Waals surface area contributed by atoms with Gasteiger partial charge in [-0.05, 0) is 41.4 Å². The maximum atomic E-state index is 5.49. The minimum atomic E-state index is 0.696. The number of rotatable bonds is 3. The molecule has 1 aromatic carbocycles. The van der Waals surface area contributed by atoms with Crippen LogP contribution in [-0.4, -0.2) is 16.3 Å². The molecule has 0 atom stereocenters. The van der Waals surface area contributed by atoms with Crippen molar-refractivity contribution in [1.29, 1.82) is 0 Å². The summed E-state index contributed by atoms with van der Waals surface area (Å²) in [6.45, 7) is 3.64. The number of hydrogen-bond acceptors (Lipinski definition) is 2. The van der Waals surface area contributed by atoms with Crippen LogP contribution >= 0.6 is 15.9 Å². The number of aromatic nitrogens is 2. The maximum Gasteiger partial charge on any atom is 0.111 e. The lowest BCUT2D eigenvalue weighted by atomic mass is 10.2. The Kier molecular flexibility index (Phi) is 3.07. The molecule has 0 unspecified atom stereocenters. The van der Waals surface area contributed by atoms with E-state index in [0.29, 0.717) is 6.54 Å². The predicted molar refractivity (Wildman–Crippen MR) is 65.8 cm³/mol. The van der Waals surface area contributed by atoms with Crippen LogP contribution in [0.5, 0.6) is 0 Å². The molecule has 0 aliphatic rings. The zero-order valence-electron chi connectivity index (χ0n) is 8.70. The van der Waals surface area contributed by atoms with Crippen molar-refractivity contribution in [2.75, 3.05) is 6.54 Å². The Hall–Kier alpha value is -0.870. The highest BCUT2D eigenvalue weighted by atomic mass is 79.9. The lowest BCUT2D eigenvalue weighted by molar-refractivity contribution is 0.579. The molecule has 0 fully saturated rings. The van der Waals surface area contributed by atoms with Gasteiger partial charge in [-0.2, -0.15) is 5.10 Å². The fraction of sp³-hybridized carbons (Fsp3) is 0.364. The smallest absolute Gasteiger partial charge is 0.111 e. The van der Waals surface area contributed by atoms with Crippen LogP contribution < -0.4 is 5.73 Å². The molecule has 4 heteroatoms. The number of aryl methyl sites for hydroxylation is 2. The van der Waals surface area contributed by atoms with Crippen molar-refractivity contribution in [1.82, 2.24) is 9.78 Å². The highest BCUT2D eigenvalue weighted by molar-refractivity contribution is 9.10. The summed E-state index contributed by atoms with van der Waals surface area (Å²) in [5, 5.41) is 5.74. The van der Waals surface area contributed by atoms with Gasteiger partial charge in [-0.25, -0.2) is 0 Å². The first-order chi connectivity index (χ1) is 7.24. The van der Waals surface area contributed by atoms with Crippen LogP contribution in [0.1, 0.15) is 12.0 Å². The molecule has 15 heavy (non-hydrogen) atoms. The average molecular weight is 268 g/mol. The lowest BCUT2D eigenvalue weighted by Gasteiger charge is -2.00. The van der Waals surface area contributed by atoms with Crippen molar-refractivity contribution in [3.63, 3.8) is 0 Å².